The second-order valence-electron chi connectivity index (χ2n) is 1.13. The number of carbonyl (C=O) groups excluding carboxylic acids is 1. The molecule has 0 rings (SSSR count). The van der Waals surface area contributed by atoms with Gasteiger partial charge in [0.2, 0.25) is 5.91 Å². The maximum atomic E-state index is 10.2. The maximum absolute atomic E-state index is 10.2. The van der Waals surface area contributed by atoms with E-state index >= 15 is 0 Å². The first-order valence-corrected chi connectivity index (χ1v) is 2.32. The first-order chi connectivity index (χ1) is 3.31. The lowest BCUT2D eigenvalue weighted by molar-refractivity contribution is -0.117. The van der Waals surface area contributed by atoms with Gasteiger partial charge in [-0.3, -0.25) is 4.79 Å². The van der Waals surface area contributed by atoms with Crippen molar-refractivity contribution < 1.29 is 4.79 Å². The fourth-order valence-corrected chi connectivity index (χ4v) is 0.235. The lowest BCUT2D eigenvalue weighted by Gasteiger charge is -1.78. The van der Waals surface area contributed by atoms with Crippen molar-refractivity contribution in [2.45, 2.75) is 20.3 Å². The second kappa shape index (κ2) is 3.53. The van der Waals surface area contributed by atoms with E-state index in [1.54, 1.807) is 13.8 Å². The Balaban J connectivity index is 3.37. The minimum absolute atomic E-state index is 0.0532. The average Bonchev–Trinajstić information content (AvgIpc) is 1.68. The molecule has 0 saturated carbocycles. The van der Waals surface area contributed by atoms with Crippen LogP contribution in [-0.4, -0.2) is 12.1 Å². The predicted molar refractivity (Wildman–Crippen MR) is 29.5 cm³/mol. The monoisotopic (exact) mass is 99.1 g/mol. The normalized spacial score (nSPS) is 10.0. The summed E-state index contributed by atoms with van der Waals surface area (Å²) in [5, 5.41) is 0. The van der Waals surface area contributed by atoms with Crippen LogP contribution in [0.3, 0.4) is 0 Å². The summed E-state index contributed by atoms with van der Waals surface area (Å²) < 4.78 is 0. The van der Waals surface area contributed by atoms with E-state index in [0.717, 1.165) is 0 Å². The van der Waals surface area contributed by atoms with Crippen molar-refractivity contribution in [3.05, 3.63) is 0 Å². The van der Waals surface area contributed by atoms with Crippen LogP contribution >= 0.6 is 0 Å². The van der Waals surface area contributed by atoms with Crippen LogP contribution in [0.25, 0.3) is 0 Å². The van der Waals surface area contributed by atoms with Crippen molar-refractivity contribution >= 4 is 12.1 Å². The number of aliphatic imine (C=N–C) groups is 1. The highest BCUT2D eigenvalue weighted by Crippen LogP contribution is 1.78. The fraction of sp³-hybridized carbons (Fsp3) is 0.600. The first-order valence-electron chi connectivity index (χ1n) is 2.32. The molecule has 7 heavy (non-hydrogen) atoms. The highest BCUT2D eigenvalue weighted by Gasteiger charge is 1.85. The van der Waals surface area contributed by atoms with Gasteiger partial charge in [-0.25, -0.2) is 4.99 Å². The SMILES string of the molecule is CC=NC(=O)CC. The molecule has 2 heteroatoms. The molecule has 0 spiro atoms. The molecular formula is C5H9NO. The fourth-order valence-electron chi connectivity index (χ4n) is 0.235. The molecule has 0 fully saturated rings. The van der Waals surface area contributed by atoms with E-state index in [1.165, 1.54) is 6.21 Å². The van der Waals surface area contributed by atoms with E-state index in [-0.39, 0.29) is 5.91 Å². The van der Waals surface area contributed by atoms with Crippen LogP contribution in [0.15, 0.2) is 4.99 Å². The zero-order valence-corrected chi connectivity index (χ0v) is 4.64. The lowest BCUT2D eigenvalue weighted by Crippen LogP contribution is -1.86. The molecule has 0 aliphatic carbocycles. The van der Waals surface area contributed by atoms with Crippen molar-refractivity contribution in [3.63, 3.8) is 0 Å². The van der Waals surface area contributed by atoms with Crippen LogP contribution in [-0.2, 0) is 4.79 Å². The number of amides is 1. The van der Waals surface area contributed by atoms with Gasteiger partial charge in [0.1, 0.15) is 0 Å². The van der Waals surface area contributed by atoms with Crippen molar-refractivity contribution in [2.75, 3.05) is 0 Å². The summed E-state index contributed by atoms with van der Waals surface area (Å²) in [6.07, 6.45) is 2.01. The molecule has 0 aliphatic heterocycles. The number of nitrogens with zero attached hydrogens (tertiary/aromatic N) is 1. The van der Waals surface area contributed by atoms with Crippen molar-refractivity contribution in [1.29, 1.82) is 0 Å². The molecule has 0 atom stereocenters. The Morgan fingerprint density at radius 3 is 2.57 bits per heavy atom. The second-order valence-corrected chi connectivity index (χ2v) is 1.13. The molecule has 0 aromatic heterocycles. The molecule has 0 heterocycles. The number of hydrogen-bond donors (Lipinski definition) is 0. The van der Waals surface area contributed by atoms with E-state index in [4.69, 9.17) is 0 Å². The Bertz CT molecular complexity index is 86.1. The van der Waals surface area contributed by atoms with E-state index in [0.29, 0.717) is 6.42 Å². The van der Waals surface area contributed by atoms with Gasteiger partial charge in [0.25, 0.3) is 0 Å². The highest BCUT2D eigenvalue weighted by atomic mass is 16.1. The summed E-state index contributed by atoms with van der Waals surface area (Å²) in [5.41, 5.74) is 0. The van der Waals surface area contributed by atoms with Gasteiger partial charge in [0.15, 0.2) is 0 Å². The Labute approximate surface area is 43.3 Å². The standard InChI is InChI=1S/C5H9NO/c1-3-5(7)6-4-2/h4H,3H2,1-2H3. The average molecular weight is 99.1 g/mol. The summed E-state index contributed by atoms with van der Waals surface area (Å²) in [5.74, 6) is -0.0532. The van der Waals surface area contributed by atoms with E-state index in [2.05, 4.69) is 4.99 Å². The zero-order valence-electron chi connectivity index (χ0n) is 4.64. The minimum Gasteiger partial charge on any atom is -0.273 e. The van der Waals surface area contributed by atoms with Gasteiger partial charge in [-0.2, -0.15) is 0 Å². The smallest absolute Gasteiger partial charge is 0.245 e. The molecule has 0 bridgehead atoms. The molecule has 0 saturated heterocycles. The van der Waals surface area contributed by atoms with Crippen LogP contribution in [0.5, 0.6) is 0 Å². The van der Waals surface area contributed by atoms with Crippen molar-refractivity contribution in [3.8, 4) is 0 Å². The minimum atomic E-state index is -0.0532. The van der Waals surface area contributed by atoms with E-state index < -0.39 is 0 Å². The summed E-state index contributed by atoms with van der Waals surface area (Å²) in [7, 11) is 0. The first kappa shape index (κ1) is 6.34. The van der Waals surface area contributed by atoms with E-state index in [1.807, 2.05) is 0 Å². The van der Waals surface area contributed by atoms with Gasteiger partial charge in [0.05, 0.1) is 0 Å². The van der Waals surface area contributed by atoms with Gasteiger partial charge in [-0.05, 0) is 6.92 Å². The Morgan fingerprint density at radius 2 is 2.43 bits per heavy atom. The lowest BCUT2D eigenvalue weighted by atomic mass is 10.5. The molecule has 0 aromatic carbocycles. The molecular weight excluding hydrogens is 90.1 g/mol. The number of rotatable bonds is 1. The van der Waals surface area contributed by atoms with Gasteiger partial charge in [0, 0.05) is 12.6 Å². The third-order valence-corrected chi connectivity index (χ3v) is 0.576. The molecule has 0 N–H and O–H groups in total. The van der Waals surface area contributed by atoms with Gasteiger partial charge >= 0.3 is 0 Å². The van der Waals surface area contributed by atoms with Crippen LogP contribution in [0, 0.1) is 0 Å². The molecule has 0 aliphatic rings. The Hall–Kier alpha value is -0.660. The molecule has 0 radical (unpaired) electrons. The third kappa shape index (κ3) is 3.16. The molecule has 0 unspecified atom stereocenters. The summed E-state index contributed by atoms with van der Waals surface area (Å²) in [6.45, 7) is 3.52. The maximum Gasteiger partial charge on any atom is 0.245 e. The van der Waals surface area contributed by atoms with Gasteiger partial charge < -0.3 is 0 Å². The molecule has 0 aromatic rings. The number of hydrogen-bond acceptors (Lipinski definition) is 1. The largest absolute Gasteiger partial charge is 0.273 e. The Morgan fingerprint density at radius 1 is 1.86 bits per heavy atom. The van der Waals surface area contributed by atoms with Crippen LogP contribution in [0.4, 0.5) is 0 Å². The topological polar surface area (TPSA) is 29.4 Å². The molecule has 1 amide bonds. The quantitative estimate of drug-likeness (QED) is 0.451. The third-order valence-electron chi connectivity index (χ3n) is 0.576. The zero-order chi connectivity index (χ0) is 5.70. The predicted octanol–water partition coefficient (Wildman–Crippen LogP) is 1.01. The molecule has 40 valence electrons. The summed E-state index contributed by atoms with van der Waals surface area (Å²) in [4.78, 5) is 13.7. The van der Waals surface area contributed by atoms with Gasteiger partial charge in [-0.1, -0.05) is 6.92 Å². The number of carbonyl (C=O) groups is 1. The summed E-state index contributed by atoms with van der Waals surface area (Å²) in [6, 6.07) is 0. The summed E-state index contributed by atoms with van der Waals surface area (Å²) >= 11 is 0. The Kier molecular flexibility index (Phi) is 3.19. The van der Waals surface area contributed by atoms with Gasteiger partial charge in [-0.15, -0.1) is 0 Å². The van der Waals surface area contributed by atoms with Crippen LogP contribution in [0.2, 0.25) is 0 Å². The highest BCUT2D eigenvalue weighted by molar-refractivity contribution is 5.83. The van der Waals surface area contributed by atoms with Crippen LogP contribution < -0.4 is 0 Å². The van der Waals surface area contributed by atoms with E-state index in [9.17, 15) is 4.79 Å². The molecule has 2 nitrogen and oxygen atoms in total. The van der Waals surface area contributed by atoms with Crippen LogP contribution in [0.1, 0.15) is 20.3 Å². The van der Waals surface area contributed by atoms with Crippen molar-refractivity contribution in [2.24, 2.45) is 4.99 Å². The van der Waals surface area contributed by atoms with Crippen molar-refractivity contribution in [1.82, 2.24) is 0 Å².